The molecule has 0 bridgehead atoms. The van der Waals surface area contributed by atoms with Crippen molar-refractivity contribution < 1.29 is 4.79 Å². The predicted molar refractivity (Wildman–Crippen MR) is 122 cm³/mol. The van der Waals surface area contributed by atoms with Crippen LogP contribution in [0.1, 0.15) is 43.7 Å². The van der Waals surface area contributed by atoms with Crippen molar-refractivity contribution in [1.82, 2.24) is 9.80 Å². The second-order valence-corrected chi connectivity index (χ2v) is 8.34. The third-order valence-electron chi connectivity index (χ3n) is 5.71. The number of hydrogen-bond donors (Lipinski definition) is 1. The van der Waals surface area contributed by atoms with Gasteiger partial charge in [-0.3, -0.25) is 0 Å². The molecular weight excluding hydrogens is 382 g/mol. The molecule has 2 aromatic rings. The van der Waals surface area contributed by atoms with E-state index in [4.69, 9.17) is 11.6 Å². The molecule has 0 unspecified atom stereocenters. The molecule has 2 amide bonds. The summed E-state index contributed by atoms with van der Waals surface area (Å²) in [6.07, 6.45) is 4.49. The van der Waals surface area contributed by atoms with E-state index in [1.54, 1.807) is 0 Å². The van der Waals surface area contributed by atoms with Crippen LogP contribution >= 0.6 is 11.6 Å². The number of hydrogen-bond acceptors (Lipinski definition) is 2. The Kier molecular flexibility index (Phi) is 7.96. The van der Waals surface area contributed by atoms with Crippen molar-refractivity contribution in [3.05, 3.63) is 64.7 Å². The summed E-state index contributed by atoms with van der Waals surface area (Å²) >= 11 is 6.24. The summed E-state index contributed by atoms with van der Waals surface area (Å²) in [7, 11) is 0. The largest absolute Gasteiger partial charge is 0.322 e. The first-order valence-corrected chi connectivity index (χ1v) is 11.0. The molecule has 5 heteroatoms. The minimum atomic E-state index is -0.0548. The molecule has 0 radical (unpaired) electrons. The molecule has 0 saturated carbocycles. The van der Waals surface area contributed by atoms with Crippen LogP contribution in [0.4, 0.5) is 10.5 Å². The summed E-state index contributed by atoms with van der Waals surface area (Å²) in [6.45, 7) is 8.08. The maximum absolute atomic E-state index is 13.2. The number of nitrogens with one attached hydrogen (secondary N) is 1. The molecule has 3 rings (SSSR count). The minimum absolute atomic E-state index is 0.0548. The van der Waals surface area contributed by atoms with Gasteiger partial charge in [-0.1, -0.05) is 61.3 Å². The van der Waals surface area contributed by atoms with E-state index in [0.717, 1.165) is 49.3 Å². The Morgan fingerprint density at radius 3 is 2.55 bits per heavy atom. The van der Waals surface area contributed by atoms with Gasteiger partial charge >= 0.3 is 6.03 Å². The normalized spacial score (nSPS) is 15.3. The smallest absolute Gasteiger partial charge is 0.317 e. The average molecular weight is 414 g/mol. The zero-order chi connectivity index (χ0) is 20.6. The SMILES string of the molecule is CCCCN1CCC(N(Cc2ccccc2)C(=O)Nc2ccc(C)c(Cl)c2)CC1. The maximum atomic E-state index is 13.2. The zero-order valence-electron chi connectivity index (χ0n) is 17.5. The molecule has 0 spiro atoms. The Hall–Kier alpha value is -2.04. The van der Waals surface area contributed by atoms with Crippen molar-refractivity contribution in [2.45, 2.75) is 52.1 Å². The fourth-order valence-corrected chi connectivity index (χ4v) is 4.03. The predicted octanol–water partition coefficient (Wildman–Crippen LogP) is 5.95. The molecule has 156 valence electrons. The van der Waals surface area contributed by atoms with Gasteiger partial charge in [0.25, 0.3) is 0 Å². The number of urea groups is 1. The Labute approximate surface area is 179 Å². The summed E-state index contributed by atoms with van der Waals surface area (Å²) in [5.41, 5.74) is 2.90. The van der Waals surface area contributed by atoms with Crippen LogP contribution in [-0.4, -0.2) is 41.5 Å². The van der Waals surface area contributed by atoms with Gasteiger partial charge in [-0.25, -0.2) is 4.79 Å². The van der Waals surface area contributed by atoms with Crippen molar-refractivity contribution in [2.75, 3.05) is 25.0 Å². The molecule has 4 nitrogen and oxygen atoms in total. The van der Waals surface area contributed by atoms with Crippen LogP contribution in [0.3, 0.4) is 0 Å². The molecule has 1 saturated heterocycles. The number of amides is 2. The lowest BCUT2D eigenvalue weighted by Gasteiger charge is -2.38. The molecule has 0 aromatic heterocycles. The summed E-state index contributed by atoms with van der Waals surface area (Å²) < 4.78 is 0. The van der Waals surface area contributed by atoms with Crippen LogP contribution < -0.4 is 5.32 Å². The standard InChI is InChI=1S/C24H32ClN3O/c1-3-4-14-27-15-12-22(13-16-27)28(18-20-8-6-5-7-9-20)24(29)26-21-11-10-19(2)23(25)17-21/h5-11,17,22H,3-4,12-16,18H2,1-2H3,(H,26,29). The summed E-state index contributed by atoms with van der Waals surface area (Å²) in [5, 5.41) is 3.73. The van der Waals surface area contributed by atoms with Crippen molar-refractivity contribution >= 4 is 23.3 Å². The van der Waals surface area contributed by atoms with Gasteiger partial charge in [-0.05, 0) is 56.0 Å². The van der Waals surface area contributed by atoms with Gasteiger partial charge in [0.1, 0.15) is 0 Å². The number of carbonyl (C=O) groups excluding carboxylic acids is 1. The first kappa shape index (κ1) is 21.7. The van der Waals surface area contributed by atoms with Crippen molar-refractivity contribution in [2.24, 2.45) is 0 Å². The van der Waals surface area contributed by atoms with Crippen LogP contribution in [-0.2, 0) is 6.54 Å². The monoisotopic (exact) mass is 413 g/mol. The van der Waals surface area contributed by atoms with Gasteiger partial charge in [0.2, 0.25) is 0 Å². The third kappa shape index (κ3) is 6.22. The first-order chi connectivity index (χ1) is 14.1. The van der Waals surface area contributed by atoms with Gasteiger partial charge < -0.3 is 15.1 Å². The highest BCUT2D eigenvalue weighted by Gasteiger charge is 2.28. The van der Waals surface area contributed by atoms with Gasteiger partial charge in [-0.2, -0.15) is 0 Å². The second-order valence-electron chi connectivity index (χ2n) is 7.93. The number of benzene rings is 2. The summed E-state index contributed by atoms with van der Waals surface area (Å²) in [6, 6.07) is 16.1. The van der Waals surface area contributed by atoms with Crippen LogP contribution in [0.2, 0.25) is 5.02 Å². The van der Waals surface area contributed by atoms with E-state index >= 15 is 0 Å². The van der Waals surface area contributed by atoms with E-state index in [1.165, 1.54) is 12.8 Å². The number of unbranched alkanes of at least 4 members (excludes halogenated alkanes) is 1. The summed E-state index contributed by atoms with van der Waals surface area (Å²) in [4.78, 5) is 17.8. The highest BCUT2D eigenvalue weighted by molar-refractivity contribution is 6.31. The van der Waals surface area contributed by atoms with Crippen molar-refractivity contribution in [1.29, 1.82) is 0 Å². The number of rotatable bonds is 7. The lowest BCUT2D eigenvalue weighted by Crippen LogP contribution is -2.48. The fourth-order valence-electron chi connectivity index (χ4n) is 3.85. The Morgan fingerprint density at radius 1 is 1.17 bits per heavy atom. The van der Waals surface area contributed by atoms with Crippen LogP contribution in [0.5, 0.6) is 0 Å². The van der Waals surface area contributed by atoms with Gasteiger partial charge in [-0.15, -0.1) is 0 Å². The number of halogens is 1. The van der Waals surface area contributed by atoms with Crippen LogP contribution in [0.15, 0.2) is 48.5 Å². The van der Waals surface area contributed by atoms with Gasteiger partial charge in [0, 0.05) is 36.4 Å². The first-order valence-electron chi connectivity index (χ1n) is 10.7. The second kappa shape index (κ2) is 10.7. The number of carbonyl (C=O) groups is 1. The van der Waals surface area contributed by atoms with Crippen molar-refractivity contribution in [3.63, 3.8) is 0 Å². The molecule has 0 aliphatic carbocycles. The van der Waals surface area contributed by atoms with E-state index in [9.17, 15) is 4.79 Å². The highest BCUT2D eigenvalue weighted by atomic mass is 35.5. The Morgan fingerprint density at radius 2 is 1.90 bits per heavy atom. The molecule has 1 N–H and O–H groups in total. The lowest BCUT2D eigenvalue weighted by atomic mass is 10.0. The molecular formula is C24H32ClN3O. The van der Waals surface area contributed by atoms with Crippen LogP contribution in [0, 0.1) is 6.92 Å². The minimum Gasteiger partial charge on any atom is -0.317 e. The quantitative estimate of drug-likeness (QED) is 0.608. The lowest BCUT2D eigenvalue weighted by molar-refractivity contribution is 0.122. The van der Waals surface area contributed by atoms with E-state index in [1.807, 2.05) is 48.2 Å². The van der Waals surface area contributed by atoms with Crippen LogP contribution in [0.25, 0.3) is 0 Å². The zero-order valence-corrected chi connectivity index (χ0v) is 18.3. The maximum Gasteiger partial charge on any atom is 0.322 e. The molecule has 1 heterocycles. The molecule has 2 aromatic carbocycles. The Balaban J connectivity index is 1.70. The number of nitrogens with zero attached hydrogens (tertiary/aromatic N) is 2. The highest BCUT2D eigenvalue weighted by Crippen LogP contribution is 2.23. The number of piperidine rings is 1. The summed E-state index contributed by atoms with van der Waals surface area (Å²) in [5.74, 6) is 0. The van der Waals surface area contributed by atoms with Gasteiger partial charge in [0.05, 0.1) is 0 Å². The van der Waals surface area contributed by atoms with E-state index in [-0.39, 0.29) is 12.1 Å². The molecule has 1 aliphatic rings. The molecule has 29 heavy (non-hydrogen) atoms. The van der Waals surface area contributed by atoms with Gasteiger partial charge in [0.15, 0.2) is 0 Å². The van der Waals surface area contributed by atoms with E-state index < -0.39 is 0 Å². The molecule has 1 aliphatic heterocycles. The van der Waals surface area contributed by atoms with E-state index in [0.29, 0.717) is 11.6 Å². The molecule has 1 fully saturated rings. The number of aryl methyl sites for hydroxylation is 1. The Bertz CT molecular complexity index is 788. The number of anilines is 1. The van der Waals surface area contributed by atoms with E-state index in [2.05, 4.69) is 29.3 Å². The fraction of sp³-hybridized carbons (Fsp3) is 0.458. The average Bonchev–Trinajstić information content (AvgIpc) is 2.74. The number of likely N-dealkylation sites (tertiary alicyclic amines) is 1. The van der Waals surface area contributed by atoms with Crippen molar-refractivity contribution in [3.8, 4) is 0 Å². The molecule has 0 atom stereocenters. The topological polar surface area (TPSA) is 35.6 Å². The third-order valence-corrected chi connectivity index (χ3v) is 6.11.